The molecule has 1 aromatic heterocycles. The quantitative estimate of drug-likeness (QED) is 0.713. The number of aryl methyl sites for hydroxylation is 1. The van der Waals surface area contributed by atoms with Gasteiger partial charge >= 0.3 is 5.97 Å². The van der Waals surface area contributed by atoms with E-state index in [4.69, 9.17) is 5.11 Å². The van der Waals surface area contributed by atoms with Crippen molar-refractivity contribution < 1.29 is 14.7 Å². The summed E-state index contributed by atoms with van der Waals surface area (Å²) < 4.78 is 1.56. The number of amides is 1. The molecular formula is C9H14N4O3. The molecule has 1 heterocycles. The Hall–Kier alpha value is -1.92. The molecule has 0 unspecified atom stereocenters. The minimum atomic E-state index is -0.907. The van der Waals surface area contributed by atoms with Gasteiger partial charge in [0.05, 0.1) is 13.0 Å². The SMILES string of the molecule is CN(CCC(=O)O)C(=O)CCn1cncn1. The van der Waals surface area contributed by atoms with E-state index in [0.29, 0.717) is 13.0 Å². The van der Waals surface area contributed by atoms with Gasteiger partial charge in [-0.15, -0.1) is 0 Å². The molecule has 0 saturated carbocycles. The van der Waals surface area contributed by atoms with Crippen molar-refractivity contribution in [2.24, 2.45) is 0 Å². The number of hydrogen-bond donors (Lipinski definition) is 1. The van der Waals surface area contributed by atoms with Crippen LogP contribution in [-0.4, -0.2) is 50.2 Å². The molecule has 16 heavy (non-hydrogen) atoms. The predicted octanol–water partition coefficient (Wildman–Crippen LogP) is -0.399. The Kier molecular flexibility index (Phi) is 4.43. The van der Waals surface area contributed by atoms with Crippen LogP contribution < -0.4 is 0 Å². The smallest absolute Gasteiger partial charge is 0.305 e. The maximum absolute atomic E-state index is 11.5. The highest BCUT2D eigenvalue weighted by Crippen LogP contribution is 1.95. The molecule has 0 fully saturated rings. The number of carbonyl (C=O) groups excluding carboxylic acids is 1. The lowest BCUT2D eigenvalue weighted by Crippen LogP contribution is -2.29. The van der Waals surface area contributed by atoms with E-state index in [0.717, 1.165) is 0 Å². The molecule has 1 N–H and O–H groups in total. The summed E-state index contributed by atoms with van der Waals surface area (Å²) in [5.41, 5.74) is 0. The minimum Gasteiger partial charge on any atom is -0.481 e. The molecule has 0 saturated heterocycles. The first-order valence-corrected chi connectivity index (χ1v) is 4.88. The molecule has 7 nitrogen and oxygen atoms in total. The van der Waals surface area contributed by atoms with Crippen LogP contribution in [0.4, 0.5) is 0 Å². The second kappa shape index (κ2) is 5.84. The van der Waals surface area contributed by atoms with Gasteiger partial charge in [-0.2, -0.15) is 5.10 Å². The first-order valence-electron chi connectivity index (χ1n) is 4.88. The molecule has 0 aliphatic carbocycles. The number of hydrogen-bond acceptors (Lipinski definition) is 4. The van der Waals surface area contributed by atoms with Crippen LogP contribution in [0.1, 0.15) is 12.8 Å². The lowest BCUT2D eigenvalue weighted by molar-refractivity contribution is -0.138. The fraction of sp³-hybridized carbons (Fsp3) is 0.556. The van der Waals surface area contributed by atoms with E-state index >= 15 is 0 Å². The maximum Gasteiger partial charge on any atom is 0.305 e. The molecule has 0 radical (unpaired) electrons. The van der Waals surface area contributed by atoms with E-state index in [1.54, 1.807) is 11.7 Å². The summed E-state index contributed by atoms with van der Waals surface area (Å²) >= 11 is 0. The molecule has 1 rings (SSSR count). The van der Waals surface area contributed by atoms with Crippen molar-refractivity contribution in [3.63, 3.8) is 0 Å². The highest BCUT2D eigenvalue weighted by molar-refractivity contribution is 5.76. The van der Waals surface area contributed by atoms with Gasteiger partial charge in [0, 0.05) is 20.0 Å². The van der Waals surface area contributed by atoms with Gasteiger partial charge in [0.1, 0.15) is 12.7 Å². The lowest BCUT2D eigenvalue weighted by Gasteiger charge is -2.15. The monoisotopic (exact) mass is 226 g/mol. The molecule has 0 bridgehead atoms. The zero-order chi connectivity index (χ0) is 12.0. The minimum absolute atomic E-state index is 0.0361. The van der Waals surface area contributed by atoms with Gasteiger partial charge in [-0.05, 0) is 0 Å². The van der Waals surface area contributed by atoms with Crippen LogP contribution in [-0.2, 0) is 16.1 Å². The number of carboxylic acids is 1. The highest BCUT2D eigenvalue weighted by Gasteiger charge is 2.10. The number of rotatable bonds is 6. The summed E-state index contributed by atoms with van der Waals surface area (Å²) in [4.78, 5) is 27.0. The number of aromatic nitrogens is 3. The first kappa shape index (κ1) is 12.2. The van der Waals surface area contributed by atoms with E-state index in [9.17, 15) is 9.59 Å². The zero-order valence-electron chi connectivity index (χ0n) is 9.04. The zero-order valence-corrected chi connectivity index (χ0v) is 9.04. The van der Waals surface area contributed by atoms with E-state index in [1.165, 1.54) is 17.6 Å². The summed E-state index contributed by atoms with van der Waals surface area (Å²) in [7, 11) is 1.59. The van der Waals surface area contributed by atoms with Gasteiger partial charge in [0.25, 0.3) is 0 Å². The summed E-state index contributed by atoms with van der Waals surface area (Å²) in [5.74, 6) is -1.01. The van der Waals surface area contributed by atoms with Gasteiger partial charge in [-0.3, -0.25) is 14.3 Å². The molecule has 0 atom stereocenters. The molecule has 1 aromatic rings. The van der Waals surface area contributed by atoms with Gasteiger partial charge in [-0.1, -0.05) is 0 Å². The second-order valence-corrected chi connectivity index (χ2v) is 3.37. The standard InChI is InChI=1S/C9H14N4O3/c1-12(4-3-9(15)16)8(14)2-5-13-7-10-6-11-13/h6-7H,2-5H2,1H3,(H,15,16). The lowest BCUT2D eigenvalue weighted by atomic mass is 10.3. The average Bonchev–Trinajstić information content (AvgIpc) is 2.75. The van der Waals surface area contributed by atoms with Crippen molar-refractivity contribution in [3.8, 4) is 0 Å². The predicted molar refractivity (Wildman–Crippen MR) is 54.5 cm³/mol. The Balaban J connectivity index is 2.26. The number of carbonyl (C=O) groups is 2. The molecule has 0 spiro atoms. The number of nitrogens with zero attached hydrogens (tertiary/aromatic N) is 4. The number of carboxylic acid groups (broad SMARTS) is 1. The fourth-order valence-corrected chi connectivity index (χ4v) is 1.14. The van der Waals surface area contributed by atoms with Crippen molar-refractivity contribution in [2.75, 3.05) is 13.6 Å². The van der Waals surface area contributed by atoms with Crippen molar-refractivity contribution >= 4 is 11.9 Å². The van der Waals surface area contributed by atoms with Crippen LogP contribution in [0.25, 0.3) is 0 Å². The van der Waals surface area contributed by atoms with Crippen molar-refractivity contribution in [1.82, 2.24) is 19.7 Å². The first-order chi connectivity index (χ1) is 7.59. The van der Waals surface area contributed by atoms with Gasteiger partial charge in [0.15, 0.2) is 0 Å². The van der Waals surface area contributed by atoms with Crippen LogP contribution >= 0.6 is 0 Å². The van der Waals surface area contributed by atoms with Crippen LogP contribution in [0.15, 0.2) is 12.7 Å². The molecule has 0 aromatic carbocycles. The molecule has 7 heteroatoms. The van der Waals surface area contributed by atoms with Crippen LogP contribution in [0.3, 0.4) is 0 Å². The Morgan fingerprint density at radius 1 is 1.44 bits per heavy atom. The van der Waals surface area contributed by atoms with Crippen molar-refractivity contribution in [1.29, 1.82) is 0 Å². The van der Waals surface area contributed by atoms with Crippen LogP contribution in [0.2, 0.25) is 0 Å². The van der Waals surface area contributed by atoms with E-state index in [1.807, 2.05) is 0 Å². The topological polar surface area (TPSA) is 88.3 Å². The number of aliphatic carboxylic acids is 1. The van der Waals surface area contributed by atoms with E-state index in [-0.39, 0.29) is 18.9 Å². The summed E-state index contributed by atoms with van der Waals surface area (Å²) in [6.45, 7) is 0.682. The Morgan fingerprint density at radius 3 is 2.75 bits per heavy atom. The second-order valence-electron chi connectivity index (χ2n) is 3.37. The fourth-order valence-electron chi connectivity index (χ4n) is 1.14. The normalized spacial score (nSPS) is 10.1. The Bertz CT molecular complexity index is 350. The molecule has 0 aliphatic heterocycles. The molecule has 88 valence electrons. The van der Waals surface area contributed by atoms with Gasteiger partial charge in [0.2, 0.25) is 5.91 Å². The van der Waals surface area contributed by atoms with Crippen LogP contribution in [0, 0.1) is 0 Å². The Morgan fingerprint density at radius 2 is 2.19 bits per heavy atom. The highest BCUT2D eigenvalue weighted by atomic mass is 16.4. The van der Waals surface area contributed by atoms with Gasteiger partial charge < -0.3 is 10.0 Å². The maximum atomic E-state index is 11.5. The third-order valence-electron chi connectivity index (χ3n) is 2.11. The summed E-state index contributed by atoms with van der Waals surface area (Å²) in [6.07, 6.45) is 3.19. The Labute approximate surface area is 92.7 Å². The van der Waals surface area contributed by atoms with Crippen molar-refractivity contribution in [3.05, 3.63) is 12.7 Å². The third-order valence-corrected chi connectivity index (χ3v) is 2.11. The van der Waals surface area contributed by atoms with E-state index in [2.05, 4.69) is 10.1 Å². The molecule has 1 amide bonds. The summed E-state index contributed by atoms with van der Waals surface area (Å²) in [5, 5.41) is 12.3. The average molecular weight is 226 g/mol. The van der Waals surface area contributed by atoms with Gasteiger partial charge in [-0.25, -0.2) is 4.98 Å². The molecular weight excluding hydrogens is 212 g/mol. The molecule has 0 aliphatic rings. The third kappa shape index (κ3) is 4.07. The van der Waals surface area contributed by atoms with Crippen molar-refractivity contribution in [2.45, 2.75) is 19.4 Å². The van der Waals surface area contributed by atoms with E-state index < -0.39 is 5.97 Å². The van der Waals surface area contributed by atoms with Crippen LogP contribution in [0.5, 0.6) is 0 Å². The largest absolute Gasteiger partial charge is 0.481 e. The summed E-state index contributed by atoms with van der Waals surface area (Å²) in [6, 6.07) is 0.